The molecule has 2 heterocycles. The van der Waals surface area contributed by atoms with Gasteiger partial charge in [-0.05, 0) is 37.3 Å². The van der Waals surface area contributed by atoms with Gasteiger partial charge in [-0.15, -0.1) is 0 Å². The predicted molar refractivity (Wildman–Crippen MR) is 92.7 cm³/mol. The Morgan fingerprint density at radius 3 is 2.61 bits per heavy atom. The molecule has 1 aromatic heterocycles. The molecule has 5 heteroatoms. The van der Waals surface area contributed by atoms with Crippen LogP contribution in [0.4, 0.5) is 5.69 Å². The lowest BCUT2D eigenvalue weighted by molar-refractivity contribution is -0.143. The Morgan fingerprint density at radius 2 is 1.96 bits per heavy atom. The Balaban J connectivity index is 1.67. The van der Waals surface area contributed by atoms with Crippen molar-refractivity contribution in [2.75, 3.05) is 11.9 Å². The number of benzene rings is 1. The van der Waals surface area contributed by atoms with Crippen LogP contribution >= 0.6 is 11.3 Å². The van der Waals surface area contributed by atoms with E-state index in [1.807, 2.05) is 17.7 Å². The van der Waals surface area contributed by atoms with Gasteiger partial charge in [-0.25, -0.2) is 0 Å². The van der Waals surface area contributed by atoms with Gasteiger partial charge < -0.3 is 10.2 Å². The van der Waals surface area contributed by atoms with Crippen molar-refractivity contribution in [1.82, 2.24) is 4.90 Å². The number of carbonyl (C=O) groups excluding carboxylic acids is 2. The van der Waals surface area contributed by atoms with Crippen molar-refractivity contribution in [2.24, 2.45) is 0 Å². The molecule has 4 nitrogen and oxygen atoms in total. The average Bonchev–Trinajstić information content (AvgIpc) is 3.17. The van der Waals surface area contributed by atoms with E-state index >= 15 is 0 Å². The molecule has 23 heavy (non-hydrogen) atoms. The maximum atomic E-state index is 12.4. The summed E-state index contributed by atoms with van der Waals surface area (Å²) in [5, 5.41) is 6.34. The molecule has 0 aliphatic carbocycles. The van der Waals surface area contributed by atoms with Gasteiger partial charge in [0.1, 0.15) is 0 Å². The Hall–Kier alpha value is -2.14. The number of aryl methyl sites for hydroxylation is 1. The van der Waals surface area contributed by atoms with Crippen molar-refractivity contribution in [3.8, 4) is 0 Å². The third-order valence-corrected chi connectivity index (χ3v) is 5.04. The van der Waals surface area contributed by atoms with E-state index in [0.29, 0.717) is 18.2 Å². The van der Waals surface area contributed by atoms with Crippen LogP contribution in [0.3, 0.4) is 0 Å². The topological polar surface area (TPSA) is 49.4 Å². The van der Waals surface area contributed by atoms with Crippen LogP contribution in [-0.2, 0) is 9.59 Å². The van der Waals surface area contributed by atoms with Crippen LogP contribution in [0.5, 0.6) is 0 Å². The molecule has 2 atom stereocenters. The lowest BCUT2D eigenvalue weighted by Gasteiger charge is -2.20. The Morgan fingerprint density at radius 1 is 1.22 bits per heavy atom. The van der Waals surface area contributed by atoms with Crippen molar-refractivity contribution < 1.29 is 9.59 Å². The van der Waals surface area contributed by atoms with Gasteiger partial charge in [0.05, 0.1) is 5.69 Å². The minimum Gasteiger partial charge on any atom is -0.331 e. The highest BCUT2D eigenvalue weighted by atomic mass is 32.1. The second-order valence-electron chi connectivity index (χ2n) is 6.12. The van der Waals surface area contributed by atoms with Gasteiger partial charge in [-0.3, -0.25) is 9.59 Å². The molecule has 0 bridgehead atoms. The first kappa shape index (κ1) is 15.7. The highest BCUT2D eigenvalue weighted by Gasteiger charge is 2.35. The first-order chi connectivity index (χ1) is 11.0. The van der Waals surface area contributed by atoms with Crippen molar-refractivity contribution >= 4 is 28.8 Å². The Bertz CT molecular complexity index is 694. The lowest BCUT2D eigenvalue weighted by atomic mass is 9.96. The summed E-state index contributed by atoms with van der Waals surface area (Å²) in [5.41, 5.74) is 3.13. The molecule has 1 aliphatic heterocycles. The monoisotopic (exact) mass is 328 g/mol. The number of amides is 2. The normalized spacial score (nSPS) is 20.5. The molecule has 0 saturated carbocycles. The van der Waals surface area contributed by atoms with E-state index < -0.39 is 11.8 Å². The standard InChI is InChI=1S/C18H20N2O2S/c1-12-3-5-14(6-4-12)15-9-13(2)20(10-15)18(22)17(21)19-16-7-8-23-11-16/h3-8,11,13,15H,9-10H2,1-2H3,(H,19,21). The molecule has 2 amide bonds. The molecule has 1 fully saturated rings. The number of nitrogens with zero attached hydrogens (tertiary/aromatic N) is 1. The second-order valence-corrected chi connectivity index (χ2v) is 6.90. The number of hydrogen-bond donors (Lipinski definition) is 1. The maximum Gasteiger partial charge on any atom is 0.313 e. The minimum atomic E-state index is -0.556. The molecular weight excluding hydrogens is 308 g/mol. The molecule has 2 aromatic rings. The summed E-state index contributed by atoms with van der Waals surface area (Å²) in [5.74, 6) is -0.707. The Labute approximate surface area is 140 Å². The lowest BCUT2D eigenvalue weighted by Crippen LogP contribution is -2.41. The fourth-order valence-corrected chi connectivity index (χ4v) is 3.63. The van der Waals surface area contributed by atoms with E-state index in [9.17, 15) is 9.59 Å². The zero-order valence-corrected chi connectivity index (χ0v) is 14.1. The van der Waals surface area contributed by atoms with E-state index in [1.165, 1.54) is 22.5 Å². The molecule has 120 valence electrons. The zero-order valence-electron chi connectivity index (χ0n) is 13.3. The molecule has 1 saturated heterocycles. The van der Waals surface area contributed by atoms with Crippen LogP contribution in [0, 0.1) is 6.92 Å². The van der Waals surface area contributed by atoms with Gasteiger partial charge >= 0.3 is 11.8 Å². The van der Waals surface area contributed by atoms with Gasteiger partial charge in [-0.2, -0.15) is 11.3 Å². The van der Waals surface area contributed by atoms with Crippen LogP contribution in [0.15, 0.2) is 41.1 Å². The van der Waals surface area contributed by atoms with Gasteiger partial charge in [0.2, 0.25) is 0 Å². The SMILES string of the molecule is Cc1ccc(C2CC(C)N(C(=O)C(=O)Nc3ccsc3)C2)cc1. The van der Waals surface area contributed by atoms with E-state index in [1.54, 1.807) is 11.0 Å². The highest BCUT2D eigenvalue weighted by molar-refractivity contribution is 7.08. The largest absolute Gasteiger partial charge is 0.331 e. The quantitative estimate of drug-likeness (QED) is 0.859. The molecular formula is C18H20N2O2S. The number of hydrogen-bond acceptors (Lipinski definition) is 3. The predicted octanol–water partition coefficient (Wildman–Crippen LogP) is 3.40. The van der Waals surface area contributed by atoms with Crippen LogP contribution in [0.1, 0.15) is 30.4 Å². The Kier molecular flexibility index (Phi) is 4.48. The first-order valence-electron chi connectivity index (χ1n) is 7.75. The van der Waals surface area contributed by atoms with E-state index in [4.69, 9.17) is 0 Å². The number of rotatable bonds is 2. The molecule has 1 aliphatic rings. The molecule has 0 spiro atoms. The van der Waals surface area contributed by atoms with Crippen molar-refractivity contribution in [1.29, 1.82) is 0 Å². The summed E-state index contributed by atoms with van der Waals surface area (Å²) >= 11 is 1.49. The second kappa shape index (κ2) is 6.54. The maximum absolute atomic E-state index is 12.4. The summed E-state index contributed by atoms with van der Waals surface area (Å²) in [6.07, 6.45) is 0.889. The molecule has 1 N–H and O–H groups in total. The van der Waals surface area contributed by atoms with Crippen molar-refractivity contribution in [3.05, 3.63) is 52.2 Å². The van der Waals surface area contributed by atoms with Crippen LogP contribution in [0.2, 0.25) is 0 Å². The third-order valence-electron chi connectivity index (χ3n) is 4.36. The summed E-state index contributed by atoms with van der Waals surface area (Å²) in [6.45, 7) is 4.66. The molecule has 0 radical (unpaired) electrons. The number of thiophene rings is 1. The third kappa shape index (κ3) is 3.45. The summed E-state index contributed by atoms with van der Waals surface area (Å²) in [7, 11) is 0. The number of carbonyl (C=O) groups is 2. The zero-order chi connectivity index (χ0) is 16.4. The van der Waals surface area contributed by atoms with Gasteiger partial charge in [0.15, 0.2) is 0 Å². The average molecular weight is 328 g/mol. The highest BCUT2D eigenvalue weighted by Crippen LogP contribution is 2.31. The fourth-order valence-electron chi connectivity index (χ4n) is 3.04. The first-order valence-corrected chi connectivity index (χ1v) is 8.69. The van der Waals surface area contributed by atoms with Crippen LogP contribution in [-0.4, -0.2) is 29.3 Å². The molecule has 3 rings (SSSR count). The summed E-state index contributed by atoms with van der Waals surface area (Å²) in [6, 6.07) is 10.3. The summed E-state index contributed by atoms with van der Waals surface area (Å²) < 4.78 is 0. The van der Waals surface area contributed by atoms with Gasteiger partial charge in [0.25, 0.3) is 0 Å². The number of nitrogens with one attached hydrogen (secondary N) is 1. The minimum absolute atomic E-state index is 0.0713. The van der Waals surface area contributed by atoms with Crippen LogP contribution < -0.4 is 5.32 Å². The number of likely N-dealkylation sites (tertiary alicyclic amines) is 1. The van der Waals surface area contributed by atoms with E-state index in [2.05, 4.69) is 36.5 Å². The van der Waals surface area contributed by atoms with Gasteiger partial charge in [-0.1, -0.05) is 29.8 Å². The van der Waals surface area contributed by atoms with Crippen molar-refractivity contribution in [3.63, 3.8) is 0 Å². The molecule has 1 aromatic carbocycles. The van der Waals surface area contributed by atoms with E-state index in [0.717, 1.165) is 6.42 Å². The molecule has 2 unspecified atom stereocenters. The fraction of sp³-hybridized carbons (Fsp3) is 0.333. The summed E-state index contributed by atoms with van der Waals surface area (Å²) in [4.78, 5) is 26.3. The van der Waals surface area contributed by atoms with E-state index in [-0.39, 0.29) is 6.04 Å². The number of anilines is 1. The van der Waals surface area contributed by atoms with Crippen LogP contribution in [0.25, 0.3) is 0 Å². The smallest absolute Gasteiger partial charge is 0.313 e. The van der Waals surface area contributed by atoms with Crippen molar-refractivity contribution in [2.45, 2.75) is 32.2 Å². The van der Waals surface area contributed by atoms with Gasteiger partial charge in [0, 0.05) is 23.9 Å².